The molecule has 0 amide bonds. The molecule has 0 spiro atoms. The number of anilines is 1. The first kappa shape index (κ1) is 8.44. The normalized spacial score (nSPS) is 20.3. The quantitative estimate of drug-likeness (QED) is 0.650. The molecule has 1 atom stereocenters. The molecule has 1 aromatic heterocycles. The van der Waals surface area contributed by atoms with Crippen LogP contribution in [0.1, 0.15) is 29.3 Å². The van der Waals surface area contributed by atoms with E-state index in [1.165, 1.54) is 5.56 Å². The molecule has 4 nitrogen and oxygen atoms in total. The van der Waals surface area contributed by atoms with Gasteiger partial charge in [-0.2, -0.15) is 0 Å². The lowest BCUT2D eigenvalue weighted by Gasteiger charge is -2.10. The van der Waals surface area contributed by atoms with E-state index in [-0.39, 0.29) is 0 Å². The Balaban J connectivity index is 2.51. The van der Waals surface area contributed by atoms with Crippen molar-refractivity contribution in [2.45, 2.75) is 25.7 Å². The summed E-state index contributed by atoms with van der Waals surface area (Å²) in [5.74, 6) is 0.824. The standard InChI is InChI=1S/C9H14N4/c1-5-8-6(4-10)2-3-7(8)13-9(11)12-5/h6H,2-4,10H2,1H3,(H2,11,12,13). The van der Waals surface area contributed by atoms with Crippen molar-refractivity contribution in [2.75, 3.05) is 12.3 Å². The fraction of sp³-hybridized carbons (Fsp3) is 0.556. The van der Waals surface area contributed by atoms with Gasteiger partial charge in [0.25, 0.3) is 0 Å². The predicted octanol–water partition coefficient (Wildman–Crippen LogP) is 0.356. The van der Waals surface area contributed by atoms with Crippen molar-refractivity contribution in [1.29, 1.82) is 0 Å². The van der Waals surface area contributed by atoms with E-state index in [2.05, 4.69) is 9.97 Å². The molecule has 1 heterocycles. The van der Waals surface area contributed by atoms with E-state index in [4.69, 9.17) is 11.5 Å². The third-order valence-electron chi connectivity index (χ3n) is 2.65. The maximum atomic E-state index is 5.67. The van der Waals surface area contributed by atoms with E-state index >= 15 is 0 Å². The summed E-state index contributed by atoms with van der Waals surface area (Å²) < 4.78 is 0. The minimum atomic E-state index is 0.383. The molecule has 2 rings (SSSR count). The number of nitrogen functional groups attached to an aromatic ring is 1. The van der Waals surface area contributed by atoms with Crippen LogP contribution in [0.15, 0.2) is 0 Å². The maximum absolute atomic E-state index is 5.67. The van der Waals surface area contributed by atoms with Crippen LogP contribution >= 0.6 is 0 Å². The molecule has 0 aromatic carbocycles. The van der Waals surface area contributed by atoms with Gasteiger partial charge in [-0.15, -0.1) is 0 Å². The molecule has 1 aliphatic carbocycles. The van der Waals surface area contributed by atoms with Gasteiger partial charge in [-0.3, -0.25) is 0 Å². The molecule has 1 aliphatic rings. The topological polar surface area (TPSA) is 77.8 Å². The molecule has 0 saturated heterocycles. The largest absolute Gasteiger partial charge is 0.368 e. The highest BCUT2D eigenvalue weighted by molar-refractivity contribution is 5.37. The molecule has 0 radical (unpaired) electrons. The minimum Gasteiger partial charge on any atom is -0.368 e. The van der Waals surface area contributed by atoms with Crippen LogP contribution < -0.4 is 11.5 Å². The zero-order valence-electron chi connectivity index (χ0n) is 7.75. The lowest BCUT2D eigenvalue weighted by molar-refractivity contribution is 0.683. The molecule has 70 valence electrons. The second-order valence-electron chi connectivity index (χ2n) is 3.50. The predicted molar refractivity (Wildman–Crippen MR) is 51.3 cm³/mol. The van der Waals surface area contributed by atoms with Gasteiger partial charge in [-0.1, -0.05) is 0 Å². The molecular formula is C9H14N4. The van der Waals surface area contributed by atoms with Gasteiger partial charge in [0.2, 0.25) is 5.95 Å². The van der Waals surface area contributed by atoms with Crippen molar-refractivity contribution in [1.82, 2.24) is 9.97 Å². The van der Waals surface area contributed by atoms with Gasteiger partial charge in [-0.25, -0.2) is 9.97 Å². The van der Waals surface area contributed by atoms with Crippen molar-refractivity contribution in [3.8, 4) is 0 Å². The highest BCUT2D eigenvalue weighted by Crippen LogP contribution is 2.32. The number of nitrogens with zero attached hydrogens (tertiary/aromatic N) is 2. The van der Waals surface area contributed by atoms with Crippen LogP contribution in [-0.2, 0) is 6.42 Å². The highest BCUT2D eigenvalue weighted by Gasteiger charge is 2.25. The van der Waals surface area contributed by atoms with Crippen molar-refractivity contribution in [3.63, 3.8) is 0 Å². The average molecular weight is 178 g/mol. The van der Waals surface area contributed by atoms with Crippen molar-refractivity contribution < 1.29 is 0 Å². The first-order chi connectivity index (χ1) is 6.22. The number of aromatic nitrogens is 2. The number of aryl methyl sites for hydroxylation is 2. The van der Waals surface area contributed by atoms with Gasteiger partial charge >= 0.3 is 0 Å². The molecule has 1 aromatic rings. The second kappa shape index (κ2) is 2.96. The summed E-state index contributed by atoms with van der Waals surface area (Å²) in [5.41, 5.74) is 14.6. The Hall–Kier alpha value is -1.16. The molecule has 0 aliphatic heterocycles. The monoisotopic (exact) mass is 178 g/mol. The third-order valence-corrected chi connectivity index (χ3v) is 2.65. The van der Waals surface area contributed by atoms with E-state index in [1.54, 1.807) is 0 Å². The van der Waals surface area contributed by atoms with Crippen LogP contribution in [0.25, 0.3) is 0 Å². The highest BCUT2D eigenvalue weighted by atomic mass is 15.0. The zero-order valence-corrected chi connectivity index (χ0v) is 7.75. The minimum absolute atomic E-state index is 0.383. The summed E-state index contributed by atoms with van der Waals surface area (Å²) in [5, 5.41) is 0. The van der Waals surface area contributed by atoms with Gasteiger partial charge in [0, 0.05) is 17.3 Å². The lowest BCUT2D eigenvalue weighted by atomic mass is 10.0. The zero-order chi connectivity index (χ0) is 9.42. The Kier molecular flexibility index (Phi) is 1.92. The van der Waals surface area contributed by atoms with Crippen LogP contribution in [0.5, 0.6) is 0 Å². The van der Waals surface area contributed by atoms with Crippen molar-refractivity contribution in [3.05, 3.63) is 17.0 Å². The molecule has 4 heteroatoms. The molecule has 4 N–H and O–H groups in total. The number of hydrogen-bond donors (Lipinski definition) is 2. The van der Waals surface area contributed by atoms with Gasteiger partial charge < -0.3 is 11.5 Å². The summed E-state index contributed by atoms with van der Waals surface area (Å²) in [6.45, 7) is 2.66. The number of nitrogens with two attached hydrogens (primary N) is 2. The van der Waals surface area contributed by atoms with Crippen molar-refractivity contribution >= 4 is 5.95 Å². The fourth-order valence-electron chi connectivity index (χ4n) is 2.08. The van der Waals surface area contributed by atoms with Crippen LogP contribution in [-0.4, -0.2) is 16.5 Å². The third kappa shape index (κ3) is 1.27. The first-order valence-corrected chi connectivity index (χ1v) is 4.55. The molecule has 0 bridgehead atoms. The van der Waals surface area contributed by atoms with Crippen molar-refractivity contribution in [2.24, 2.45) is 5.73 Å². The van der Waals surface area contributed by atoms with E-state index in [9.17, 15) is 0 Å². The summed E-state index contributed by atoms with van der Waals surface area (Å²) in [7, 11) is 0. The van der Waals surface area contributed by atoms with E-state index in [0.717, 1.165) is 24.2 Å². The molecular weight excluding hydrogens is 164 g/mol. The van der Waals surface area contributed by atoms with Gasteiger partial charge in [0.1, 0.15) is 0 Å². The van der Waals surface area contributed by atoms with E-state index < -0.39 is 0 Å². The second-order valence-corrected chi connectivity index (χ2v) is 3.50. The van der Waals surface area contributed by atoms with Gasteiger partial charge in [0.15, 0.2) is 0 Å². The van der Waals surface area contributed by atoms with Crippen LogP contribution in [0.2, 0.25) is 0 Å². The molecule has 1 unspecified atom stereocenters. The van der Waals surface area contributed by atoms with Crippen LogP contribution in [0.3, 0.4) is 0 Å². The van der Waals surface area contributed by atoms with Gasteiger partial charge in [-0.05, 0) is 31.9 Å². The Labute approximate surface area is 77.4 Å². The average Bonchev–Trinajstić information content (AvgIpc) is 2.47. The number of fused-ring (bicyclic) bond motifs is 1. The summed E-state index contributed by atoms with van der Waals surface area (Å²) in [6.07, 6.45) is 2.08. The Bertz CT molecular complexity index is 335. The first-order valence-electron chi connectivity index (χ1n) is 4.55. The lowest BCUT2D eigenvalue weighted by Crippen LogP contribution is -2.12. The Morgan fingerprint density at radius 1 is 1.46 bits per heavy atom. The van der Waals surface area contributed by atoms with Gasteiger partial charge in [0.05, 0.1) is 0 Å². The molecule has 0 saturated carbocycles. The fourth-order valence-corrected chi connectivity index (χ4v) is 2.08. The summed E-state index contributed by atoms with van der Waals surface area (Å²) >= 11 is 0. The SMILES string of the molecule is Cc1nc(N)nc2c1C(CN)CC2. The van der Waals surface area contributed by atoms with E-state index in [1.807, 2.05) is 6.92 Å². The van der Waals surface area contributed by atoms with E-state index in [0.29, 0.717) is 18.4 Å². The number of hydrogen-bond acceptors (Lipinski definition) is 4. The maximum Gasteiger partial charge on any atom is 0.220 e. The molecule has 0 fully saturated rings. The molecule has 13 heavy (non-hydrogen) atoms. The van der Waals surface area contributed by atoms with Crippen LogP contribution in [0, 0.1) is 6.92 Å². The Morgan fingerprint density at radius 3 is 2.92 bits per heavy atom. The summed E-state index contributed by atoms with van der Waals surface area (Å²) in [4.78, 5) is 8.38. The number of rotatable bonds is 1. The Morgan fingerprint density at radius 2 is 2.23 bits per heavy atom. The summed E-state index contributed by atoms with van der Waals surface area (Å²) in [6, 6.07) is 0. The smallest absolute Gasteiger partial charge is 0.220 e. The van der Waals surface area contributed by atoms with Crippen LogP contribution in [0.4, 0.5) is 5.95 Å².